The van der Waals surface area contributed by atoms with Crippen molar-refractivity contribution in [1.82, 2.24) is 4.98 Å². The molecule has 2 aromatic heterocycles. The summed E-state index contributed by atoms with van der Waals surface area (Å²) in [5, 5.41) is 4.96. The van der Waals surface area contributed by atoms with Gasteiger partial charge in [0.15, 0.2) is 15.0 Å². The van der Waals surface area contributed by atoms with Gasteiger partial charge < -0.3 is 4.42 Å². The lowest BCUT2D eigenvalue weighted by Crippen LogP contribution is -2.12. The van der Waals surface area contributed by atoms with Crippen LogP contribution < -0.4 is 5.32 Å². The molecule has 0 radical (unpaired) electrons. The van der Waals surface area contributed by atoms with Crippen molar-refractivity contribution in [2.75, 3.05) is 11.6 Å². The summed E-state index contributed by atoms with van der Waals surface area (Å²) in [6.45, 7) is 3.72. The van der Waals surface area contributed by atoms with Gasteiger partial charge in [0.1, 0.15) is 11.5 Å². The number of anilines is 1. The van der Waals surface area contributed by atoms with Crippen LogP contribution in [0.4, 0.5) is 5.13 Å². The van der Waals surface area contributed by atoms with Crippen molar-refractivity contribution < 1.29 is 17.6 Å². The van der Waals surface area contributed by atoms with E-state index in [4.69, 9.17) is 4.42 Å². The van der Waals surface area contributed by atoms with Crippen LogP contribution in [0.15, 0.2) is 45.0 Å². The van der Waals surface area contributed by atoms with Gasteiger partial charge >= 0.3 is 0 Å². The Hall–Kier alpha value is -2.45. The molecule has 2 heterocycles. The van der Waals surface area contributed by atoms with Gasteiger partial charge in [-0.25, -0.2) is 13.4 Å². The zero-order valence-electron chi connectivity index (χ0n) is 13.9. The predicted molar refractivity (Wildman–Crippen MR) is 96.8 cm³/mol. The number of carbonyl (C=O) groups excluding carboxylic acids is 1. The van der Waals surface area contributed by atoms with Crippen LogP contribution in [-0.2, 0) is 9.84 Å². The number of sulfone groups is 1. The summed E-state index contributed by atoms with van der Waals surface area (Å²) >= 11 is 1.29. The van der Waals surface area contributed by atoms with E-state index in [-0.39, 0.29) is 10.5 Å². The van der Waals surface area contributed by atoms with Crippen molar-refractivity contribution in [2.24, 2.45) is 0 Å². The molecule has 25 heavy (non-hydrogen) atoms. The maximum Gasteiger partial charge on any atom is 0.257 e. The van der Waals surface area contributed by atoms with Crippen molar-refractivity contribution in [3.8, 4) is 11.3 Å². The Labute approximate surface area is 149 Å². The molecule has 0 aliphatic rings. The number of amides is 1. The average molecular weight is 376 g/mol. The molecule has 0 unspecified atom stereocenters. The van der Waals surface area contributed by atoms with Crippen LogP contribution in [0.5, 0.6) is 0 Å². The van der Waals surface area contributed by atoms with E-state index in [0.29, 0.717) is 5.13 Å². The highest BCUT2D eigenvalue weighted by Crippen LogP contribution is 2.29. The second-order valence-electron chi connectivity index (χ2n) is 5.62. The lowest BCUT2D eigenvalue weighted by molar-refractivity contribution is 0.102. The first-order chi connectivity index (χ1) is 11.7. The van der Waals surface area contributed by atoms with Gasteiger partial charge in [-0.1, -0.05) is 6.07 Å². The molecule has 3 rings (SSSR count). The van der Waals surface area contributed by atoms with Crippen molar-refractivity contribution >= 4 is 32.2 Å². The number of thiazole rings is 1. The maximum absolute atomic E-state index is 12.4. The maximum atomic E-state index is 12.4. The minimum atomic E-state index is -3.37. The number of aromatic nitrogens is 1. The summed E-state index contributed by atoms with van der Waals surface area (Å²) in [6, 6.07) is 7.80. The molecule has 0 bridgehead atoms. The topological polar surface area (TPSA) is 89.3 Å². The van der Waals surface area contributed by atoms with E-state index in [2.05, 4.69) is 10.3 Å². The fraction of sp³-hybridized carbons (Fsp3) is 0.176. The fourth-order valence-electron chi connectivity index (χ4n) is 2.38. The first-order valence-corrected chi connectivity index (χ1v) is 10.2. The molecular weight excluding hydrogens is 360 g/mol. The van der Waals surface area contributed by atoms with Crippen LogP contribution in [0.25, 0.3) is 11.3 Å². The molecule has 0 atom stereocenters. The monoisotopic (exact) mass is 376 g/mol. The van der Waals surface area contributed by atoms with Gasteiger partial charge in [-0.05, 0) is 38.1 Å². The van der Waals surface area contributed by atoms with E-state index in [1.807, 2.05) is 25.3 Å². The van der Waals surface area contributed by atoms with Crippen molar-refractivity contribution in [1.29, 1.82) is 0 Å². The van der Waals surface area contributed by atoms with Crippen LogP contribution in [0.3, 0.4) is 0 Å². The average Bonchev–Trinajstić information content (AvgIpc) is 3.12. The van der Waals surface area contributed by atoms with Gasteiger partial charge in [-0.2, -0.15) is 0 Å². The van der Waals surface area contributed by atoms with Crippen LogP contribution >= 0.6 is 11.3 Å². The number of rotatable bonds is 4. The predicted octanol–water partition coefficient (Wildman–Crippen LogP) is 3.68. The van der Waals surface area contributed by atoms with Crippen LogP contribution in [0.2, 0.25) is 0 Å². The number of benzene rings is 1. The molecule has 0 aliphatic carbocycles. The molecule has 0 fully saturated rings. The Morgan fingerprint density at radius 1 is 1.24 bits per heavy atom. The third-order valence-electron chi connectivity index (χ3n) is 3.57. The Morgan fingerprint density at radius 3 is 2.64 bits per heavy atom. The molecule has 1 amide bonds. The van der Waals surface area contributed by atoms with E-state index < -0.39 is 15.7 Å². The summed E-state index contributed by atoms with van der Waals surface area (Å²) in [5.74, 6) is 1.15. The van der Waals surface area contributed by atoms with E-state index in [0.717, 1.165) is 29.0 Å². The van der Waals surface area contributed by atoms with Crippen molar-refractivity contribution in [2.45, 2.75) is 18.7 Å². The molecule has 8 heteroatoms. The molecule has 130 valence electrons. The first kappa shape index (κ1) is 17.4. The smallest absolute Gasteiger partial charge is 0.257 e. The zero-order valence-corrected chi connectivity index (χ0v) is 15.5. The molecule has 0 saturated heterocycles. The number of nitrogens with zero attached hydrogens (tertiary/aromatic N) is 1. The Morgan fingerprint density at radius 2 is 2.00 bits per heavy atom. The normalized spacial score (nSPS) is 11.5. The third-order valence-corrected chi connectivity index (χ3v) is 5.43. The highest BCUT2D eigenvalue weighted by molar-refractivity contribution is 7.90. The second kappa shape index (κ2) is 6.45. The zero-order chi connectivity index (χ0) is 18.2. The highest BCUT2D eigenvalue weighted by Gasteiger charge is 2.15. The summed E-state index contributed by atoms with van der Waals surface area (Å²) in [4.78, 5) is 16.9. The number of furan rings is 1. The molecule has 1 N–H and O–H groups in total. The van der Waals surface area contributed by atoms with Gasteiger partial charge in [-0.3, -0.25) is 10.1 Å². The number of aryl methyl sites for hydroxylation is 2. The number of carbonyl (C=O) groups is 1. The van der Waals surface area contributed by atoms with Crippen LogP contribution in [0.1, 0.15) is 21.9 Å². The number of hydrogen-bond acceptors (Lipinski definition) is 6. The Balaban J connectivity index is 1.82. The largest absolute Gasteiger partial charge is 0.466 e. The lowest BCUT2D eigenvalue weighted by atomic mass is 10.2. The minimum Gasteiger partial charge on any atom is -0.466 e. The van der Waals surface area contributed by atoms with E-state index in [1.54, 1.807) is 6.07 Å². The van der Waals surface area contributed by atoms with Gasteiger partial charge in [-0.15, -0.1) is 11.3 Å². The third kappa shape index (κ3) is 3.80. The van der Waals surface area contributed by atoms with E-state index in [1.165, 1.54) is 29.5 Å². The minimum absolute atomic E-state index is 0.101. The molecular formula is C17H16N2O4S2. The van der Waals surface area contributed by atoms with Gasteiger partial charge in [0.25, 0.3) is 5.91 Å². The molecule has 0 saturated carbocycles. The molecule has 0 aliphatic heterocycles. The van der Waals surface area contributed by atoms with Gasteiger partial charge in [0.2, 0.25) is 0 Å². The second-order valence-corrected chi connectivity index (χ2v) is 8.49. The quantitative estimate of drug-likeness (QED) is 0.750. The van der Waals surface area contributed by atoms with Crippen LogP contribution in [0, 0.1) is 13.8 Å². The SMILES string of the molecule is Cc1cc(-c2csc(NC(=O)c3cccc(S(C)(=O)=O)c3)n2)c(C)o1. The standard InChI is InChI=1S/C17H16N2O4S2/c1-10-7-14(11(2)23-10)15-9-24-17(18-15)19-16(20)12-5-4-6-13(8-12)25(3,21)22/h4-9H,1-3H3,(H,18,19,20). The molecule has 0 spiro atoms. The Bertz CT molecular complexity index is 1050. The molecule has 3 aromatic rings. The molecule has 6 nitrogen and oxygen atoms in total. The summed E-state index contributed by atoms with van der Waals surface area (Å²) in [7, 11) is -3.37. The van der Waals surface area contributed by atoms with Gasteiger partial charge in [0.05, 0.1) is 10.6 Å². The fourth-order valence-corrected chi connectivity index (χ4v) is 3.75. The van der Waals surface area contributed by atoms with Gasteiger partial charge in [0, 0.05) is 22.8 Å². The highest BCUT2D eigenvalue weighted by atomic mass is 32.2. The Kier molecular flexibility index (Phi) is 4.49. The van der Waals surface area contributed by atoms with Crippen LogP contribution in [-0.4, -0.2) is 25.6 Å². The summed E-state index contributed by atoms with van der Waals surface area (Å²) < 4.78 is 28.7. The molecule has 1 aromatic carbocycles. The van der Waals surface area contributed by atoms with E-state index >= 15 is 0 Å². The van der Waals surface area contributed by atoms with Crippen molar-refractivity contribution in [3.05, 3.63) is 52.8 Å². The lowest BCUT2D eigenvalue weighted by Gasteiger charge is -2.04. The number of hydrogen-bond donors (Lipinski definition) is 1. The summed E-state index contributed by atoms with van der Waals surface area (Å²) in [5.41, 5.74) is 1.86. The first-order valence-electron chi connectivity index (χ1n) is 7.38. The van der Waals surface area contributed by atoms with Crippen molar-refractivity contribution in [3.63, 3.8) is 0 Å². The van der Waals surface area contributed by atoms with E-state index in [9.17, 15) is 13.2 Å². The summed E-state index contributed by atoms with van der Waals surface area (Å²) in [6.07, 6.45) is 1.10. The number of nitrogens with one attached hydrogen (secondary N) is 1.